The van der Waals surface area contributed by atoms with Crippen molar-refractivity contribution in [3.63, 3.8) is 0 Å². The van der Waals surface area contributed by atoms with Gasteiger partial charge in [-0.15, -0.1) is 0 Å². The zero-order chi connectivity index (χ0) is 35.0. The van der Waals surface area contributed by atoms with E-state index >= 15 is 8.78 Å². The fourth-order valence-corrected chi connectivity index (χ4v) is 6.62. The van der Waals surface area contributed by atoms with Crippen LogP contribution in [-0.2, 0) is 12.5 Å². The highest BCUT2D eigenvalue weighted by Crippen LogP contribution is 2.41. The van der Waals surface area contributed by atoms with E-state index in [2.05, 4.69) is 20.3 Å². The highest BCUT2D eigenvalue weighted by molar-refractivity contribution is 6.13. The summed E-state index contributed by atoms with van der Waals surface area (Å²) in [6, 6.07) is 22.7. The SMILES string of the molecule is COc1ccc(CN2C[C@H]3[C@H](C2)n2ncc(NC(=O)c4ccc(OC)c(C#N)c4)c2C(=O)N3c2ccc(C(F)(F)c3ccccc3)cc2)cn1. The zero-order valence-corrected chi connectivity index (χ0v) is 27.1. The number of carbonyl (C=O) groups excluding carboxylic acids is 2. The number of rotatable bonds is 9. The minimum Gasteiger partial charge on any atom is -0.495 e. The van der Waals surface area contributed by atoms with Gasteiger partial charge < -0.3 is 19.7 Å². The van der Waals surface area contributed by atoms with Gasteiger partial charge in [-0.05, 0) is 35.9 Å². The van der Waals surface area contributed by atoms with Crippen LogP contribution in [-0.4, -0.2) is 64.8 Å². The molecule has 2 aliphatic rings. The number of ether oxygens (including phenoxy) is 2. The average molecular weight is 676 g/mol. The number of alkyl halides is 2. The fraction of sp³-hybridized carbons (Fsp3) is 0.216. The second-order valence-corrected chi connectivity index (χ2v) is 12.0. The van der Waals surface area contributed by atoms with Crippen molar-refractivity contribution in [2.75, 3.05) is 37.5 Å². The maximum Gasteiger partial charge on any atom is 0.298 e. The van der Waals surface area contributed by atoms with E-state index in [1.54, 1.807) is 47.2 Å². The lowest BCUT2D eigenvalue weighted by atomic mass is 9.99. The third-order valence-electron chi connectivity index (χ3n) is 9.08. The number of fused-ring (bicyclic) bond motifs is 3. The molecular formula is C37H31F2N7O4. The maximum atomic E-state index is 15.4. The molecule has 5 aromatic rings. The molecule has 2 amide bonds. The molecule has 13 heteroatoms. The van der Waals surface area contributed by atoms with Crippen LogP contribution in [0.1, 0.15) is 49.1 Å². The predicted octanol–water partition coefficient (Wildman–Crippen LogP) is 5.65. The molecule has 2 aliphatic heterocycles. The van der Waals surface area contributed by atoms with Crippen molar-refractivity contribution in [1.29, 1.82) is 5.26 Å². The van der Waals surface area contributed by atoms with Crippen LogP contribution in [0.15, 0.2) is 97.3 Å². The molecule has 11 nitrogen and oxygen atoms in total. The predicted molar refractivity (Wildman–Crippen MR) is 179 cm³/mol. The number of likely N-dealkylation sites (tertiary alicyclic amines) is 1. The van der Waals surface area contributed by atoms with E-state index in [-0.39, 0.29) is 39.7 Å². The molecule has 7 rings (SSSR count). The van der Waals surface area contributed by atoms with E-state index in [1.165, 1.54) is 67.9 Å². The van der Waals surface area contributed by atoms with Gasteiger partial charge >= 0.3 is 0 Å². The Bertz CT molecular complexity index is 2100. The van der Waals surface area contributed by atoms with Crippen molar-refractivity contribution in [2.24, 2.45) is 0 Å². The van der Waals surface area contributed by atoms with Crippen LogP contribution in [0, 0.1) is 11.3 Å². The summed E-state index contributed by atoms with van der Waals surface area (Å²) in [6.45, 7) is 1.51. The van der Waals surface area contributed by atoms with Gasteiger partial charge in [0.15, 0.2) is 5.69 Å². The smallest absolute Gasteiger partial charge is 0.298 e. The Labute approximate surface area is 286 Å². The summed E-state index contributed by atoms with van der Waals surface area (Å²) in [6.07, 6.45) is 3.17. The van der Waals surface area contributed by atoms with Crippen molar-refractivity contribution in [1.82, 2.24) is 19.7 Å². The van der Waals surface area contributed by atoms with Gasteiger partial charge in [0.2, 0.25) is 5.88 Å². The Morgan fingerprint density at radius 3 is 2.38 bits per heavy atom. The highest BCUT2D eigenvalue weighted by Gasteiger charge is 2.48. The van der Waals surface area contributed by atoms with E-state index in [0.717, 1.165) is 5.56 Å². The van der Waals surface area contributed by atoms with Gasteiger partial charge in [0.25, 0.3) is 17.7 Å². The topological polar surface area (TPSA) is 126 Å². The first-order valence-corrected chi connectivity index (χ1v) is 15.8. The van der Waals surface area contributed by atoms with Crippen LogP contribution >= 0.6 is 0 Å². The fourth-order valence-electron chi connectivity index (χ4n) is 6.62. The Hall–Kier alpha value is -6.13. The summed E-state index contributed by atoms with van der Waals surface area (Å²) in [5.41, 5.74) is 1.75. The number of hydrogen-bond acceptors (Lipinski definition) is 8. The molecule has 50 heavy (non-hydrogen) atoms. The minimum absolute atomic E-state index is 0.135. The standard InChI is InChI=1S/C37H31F2N7O4/c1-49-32-14-9-24(16-25(32)17-40)35(47)43-29-19-42-46-31-22-44(20-23-8-15-33(50-2)41-18-23)21-30(31)45(36(48)34(29)46)28-12-10-27(11-13-28)37(38,39)26-6-4-3-5-7-26/h3-16,18-19,30-31H,20-22H2,1-2H3,(H,43,47)/t30-,31-/m0/s1. The van der Waals surface area contributed by atoms with Crippen LogP contribution < -0.4 is 19.7 Å². The van der Waals surface area contributed by atoms with E-state index in [9.17, 15) is 14.9 Å². The molecule has 4 heterocycles. The van der Waals surface area contributed by atoms with Gasteiger partial charge in [0, 0.05) is 54.3 Å². The Morgan fingerprint density at radius 1 is 0.960 bits per heavy atom. The minimum atomic E-state index is -3.24. The van der Waals surface area contributed by atoms with Gasteiger partial charge in [0.05, 0.1) is 43.8 Å². The lowest BCUT2D eigenvalue weighted by molar-refractivity contribution is 0.0428. The van der Waals surface area contributed by atoms with Gasteiger partial charge in [0.1, 0.15) is 11.8 Å². The van der Waals surface area contributed by atoms with Gasteiger partial charge in [-0.3, -0.25) is 19.2 Å². The maximum absolute atomic E-state index is 15.4. The van der Waals surface area contributed by atoms with Crippen LogP contribution in [0.5, 0.6) is 11.6 Å². The molecular weight excluding hydrogens is 644 g/mol. The number of aromatic nitrogens is 3. The van der Waals surface area contributed by atoms with Gasteiger partial charge in [-0.25, -0.2) is 4.98 Å². The lowest BCUT2D eigenvalue weighted by Crippen LogP contribution is -2.51. The summed E-state index contributed by atoms with van der Waals surface area (Å²) in [7, 11) is 2.98. The first-order valence-electron chi connectivity index (χ1n) is 15.8. The van der Waals surface area contributed by atoms with E-state index < -0.39 is 23.8 Å². The van der Waals surface area contributed by atoms with Crippen molar-refractivity contribution < 1.29 is 27.8 Å². The number of carbonyl (C=O) groups is 2. The number of pyridine rings is 1. The van der Waals surface area contributed by atoms with E-state index in [1.807, 2.05) is 12.1 Å². The quantitative estimate of drug-likeness (QED) is 0.213. The Morgan fingerprint density at radius 2 is 1.70 bits per heavy atom. The van der Waals surface area contributed by atoms with E-state index in [4.69, 9.17) is 9.47 Å². The largest absolute Gasteiger partial charge is 0.495 e. The molecule has 0 aliphatic carbocycles. The van der Waals surface area contributed by atoms with Crippen LogP contribution in [0.3, 0.4) is 0 Å². The molecule has 3 aromatic carbocycles. The lowest BCUT2D eigenvalue weighted by Gasteiger charge is -2.37. The van der Waals surface area contributed by atoms with Crippen molar-refractivity contribution in [2.45, 2.75) is 24.6 Å². The number of nitrogens with one attached hydrogen (secondary N) is 1. The van der Waals surface area contributed by atoms with Crippen LogP contribution in [0.2, 0.25) is 0 Å². The Balaban J connectivity index is 1.23. The molecule has 2 aromatic heterocycles. The molecule has 0 saturated carbocycles. The van der Waals surface area contributed by atoms with Crippen LogP contribution in [0.25, 0.3) is 0 Å². The van der Waals surface area contributed by atoms with Crippen molar-refractivity contribution in [3.05, 3.63) is 131 Å². The normalized spacial score (nSPS) is 17.1. The summed E-state index contributed by atoms with van der Waals surface area (Å²) in [5.74, 6) is -3.41. The molecule has 252 valence electrons. The molecule has 1 fully saturated rings. The third-order valence-corrected chi connectivity index (χ3v) is 9.08. The summed E-state index contributed by atoms with van der Waals surface area (Å²) >= 11 is 0. The first kappa shape index (κ1) is 32.4. The molecule has 2 atom stereocenters. The molecule has 0 bridgehead atoms. The summed E-state index contributed by atoms with van der Waals surface area (Å²) in [4.78, 5) is 35.9. The number of nitriles is 1. The molecule has 0 spiro atoms. The summed E-state index contributed by atoms with van der Waals surface area (Å²) in [5, 5.41) is 16.9. The first-order chi connectivity index (χ1) is 24.2. The number of hydrogen-bond donors (Lipinski definition) is 1. The van der Waals surface area contributed by atoms with Crippen molar-refractivity contribution >= 4 is 23.2 Å². The zero-order valence-electron chi connectivity index (χ0n) is 27.1. The van der Waals surface area contributed by atoms with Gasteiger partial charge in [-0.1, -0.05) is 48.5 Å². The molecule has 1 N–H and O–H groups in total. The molecule has 0 radical (unpaired) electrons. The number of amides is 2. The number of nitrogens with zero attached hydrogens (tertiary/aromatic N) is 6. The number of anilines is 2. The van der Waals surface area contributed by atoms with E-state index in [0.29, 0.717) is 37.0 Å². The average Bonchev–Trinajstić information content (AvgIpc) is 3.76. The monoisotopic (exact) mass is 675 g/mol. The highest BCUT2D eigenvalue weighted by atomic mass is 19.3. The number of halogens is 2. The second-order valence-electron chi connectivity index (χ2n) is 12.0. The molecule has 1 saturated heterocycles. The van der Waals surface area contributed by atoms with Crippen LogP contribution in [0.4, 0.5) is 20.2 Å². The van der Waals surface area contributed by atoms with Gasteiger partial charge in [-0.2, -0.15) is 19.1 Å². The third kappa shape index (κ3) is 5.79. The molecule has 0 unspecified atom stereocenters. The number of benzene rings is 3. The number of methoxy groups -OCH3 is 2. The second kappa shape index (κ2) is 13.1. The Kier molecular flexibility index (Phi) is 8.47. The van der Waals surface area contributed by atoms with Crippen molar-refractivity contribution in [3.8, 4) is 17.7 Å². The summed E-state index contributed by atoms with van der Waals surface area (Å²) < 4.78 is 42.9.